The Kier molecular flexibility index (Phi) is 3.93. The first-order valence-electron chi connectivity index (χ1n) is 5.79. The summed E-state index contributed by atoms with van der Waals surface area (Å²) in [7, 11) is 0. The van der Waals surface area contributed by atoms with Gasteiger partial charge in [0.05, 0.1) is 5.69 Å². The SMILES string of the molecule is Cc1sc(=O)n(CCCN)c1-c1ccc(F)cc1. The van der Waals surface area contributed by atoms with E-state index in [9.17, 15) is 9.18 Å². The topological polar surface area (TPSA) is 48.0 Å². The summed E-state index contributed by atoms with van der Waals surface area (Å²) in [6, 6.07) is 6.21. The van der Waals surface area contributed by atoms with Crippen LogP contribution in [0.3, 0.4) is 0 Å². The number of hydrogen-bond donors (Lipinski definition) is 1. The molecule has 0 amide bonds. The van der Waals surface area contributed by atoms with E-state index >= 15 is 0 Å². The fourth-order valence-corrected chi connectivity index (χ4v) is 2.81. The molecule has 0 atom stereocenters. The van der Waals surface area contributed by atoms with Gasteiger partial charge in [0.15, 0.2) is 0 Å². The van der Waals surface area contributed by atoms with E-state index in [0.29, 0.717) is 13.1 Å². The maximum atomic E-state index is 12.9. The van der Waals surface area contributed by atoms with Crippen LogP contribution in [-0.4, -0.2) is 11.1 Å². The van der Waals surface area contributed by atoms with E-state index < -0.39 is 0 Å². The van der Waals surface area contributed by atoms with E-state index in [1.165, 1.54) is 23.5 Å². The van der Waals surface area contributed by atoms with Gasteiger partial charge in [-0.15, -0.1) is 0 Å². The number of hydrogen-bond acceptors (Lipinski definition) is 3. The van der Waals surface area contributed by atoms with E-state index in [1.807, 2.05) is 6.92 Å². The van der Waals surface area contributed by atoms with Crippen molar-refractivity contribution in [1.29, 1.82) is 0 Å². The van der Waals surface area contributed by atoms with E-state index in [4.69, 9.17) is 5.73 Å². The second-order valence-electron chi connectivity index (χ2n) is 4.07. The first-order valence-corrected chi connectivity index (χ1v) is 6.61. The number of aromatic nitrogens is 1. The zero-order chi connectivity index (χ0) is 13.1. The van der Waals surface area contributed by atoms with Crippen LogP contribution >= 0.6 is 11.3 Å². The summed E-state index contributed by atoms with van der Waals surface area (Å²) in [5.74, 6) is -0.275. The van der Waals surface area contributed by atoms with Crippen molar-refractivity contribution in [3.8, 4) is 11.3 Å². The average Bonchev–Trinajstić information content (AvgIpc) is 2.62. The van der Waals surface area contributed by atoms with Gasteiger partial charge in [-0.05, 0) is 49.7 Å². The van der Waals surface area contributed by atoms with Gasteiger partial charge < -0.3 is 5.73 Å². The Morgan fingerprint density at radius 3 is 2.61 bits per heavy atom. The first-order chi connectivity index (χ1) is 8.63. The molecule has 2 N–H and O–H groups in total. The monoisotopic (exact) mass is 266 g/mol. The molecular weight excluding hydrogens is 251 g/mol. The van der Waals surface area contributed by atoms with Gasteiger partial charge >= 0.3 is 4.87 Å². The van der Waals surface area contributed by atoms with Gasteiger partial charge in [-0.3, -0.25) is 9.36 Å². The van der Waals surface area contributed by atoms with Crippen molar-refractivity contribution in [1.82, 2.24) is 4.57 Å². The Labute approximate surface area is 109 Å². The van der Waals surface area contributed by atoms with Crippen LogP contribution < -0.4 is 10.6 Å². The van der Waals surface area contributed by atoms with E-state index in [-0.39, 0.29) is 10.7 Å². The molecule has 1 heterocycles. The summed E-state index contributed by atoms with van der Waals surface area (Å²) in [5, 5.41) is 0. The van der Waals surface area contributed by atoms with Crippen molar-refractivity contribution in [3.63, 3.8) is 0 Å². The summed E-state index contributed by atoms with van der Waals surface area (Å²) >= 11 is 1.22. The van der Waals surface area contributed by atoms with Crippen molar-refractivity contribution in [2.24, 2.45) is 5.73 Å². The third-order valence-electron chi connectivity index (χ3n) is 2.77. The molecule has 18 heavy (non-hydrogen) atoms. The number of nitrogens with two attached hydrogens (primary N) is 1. The van der Waals surface area contributed by atoms with Crippen LogP contribution in [0.4, 0.5) is 4.39 Å². The summed E-state index contributed by atoms with van der Waals surface area (Å²) in [6.07, 6.45) is 0.754. The molecule has 96 valence electrons. The molecule has 0 aliphatic heterocycles. The van der Waals surface area contributed by atoms with E-state index in [2.05, 4.69) is 0 Å². The minimum Gasteiger partial charge on any atom is -0.330 e. The standard InChI is InChI=1S/C13H15FN2OS/c1-9-12(10-3-5-11(14)6-4-10)16(8-2-7-15)13(17)18-9/h3-6H,2,7-8,15H2,1H3. The summed E-state index contributed by atoms with van der Waals surface area (Å²) < 4.78 is 14.7. The lowest BCUT2D eigenvalue weighted by Gasteiger charge is -2.08. The van der Waals surface area contributed by atoms with Crippen LogP contribution in [0.15, 0.2) is 29.1 Å². The van der Waals surface area contributed by atoms with Gasteiger partial charge in [-0.2, -0.15) is 0 Å². The van der Waals surface area contributed by atoms with Crippen molar-refractivity contribution in [2.75, 3.05) is 6.54 Å². The molecule has 0 spiro atoms. The molecule has 0 unspecified atom stereocenters. The highest BCUT2D eigenvalue weighted by atomic mass is 32.1. The number of halogens is 1. The Bertz CT molecular complexity index is 586. The fraction of sp³-hybridized carbons (Fsp3) is 0.308. The third kappa shape index (κ3) is 2.52. The molecule has 2 aromatic rings. The molecule has 2 rings (SSSR count). The van der Waals surface area contributed by atoms with Crippen molar-refractivity contribution in [3.05, 3.63) is 44.6 Å². The predicted molar refractivity (Wildman–Crippen MR) is 72.4 cm³/mol. The molecule has 0 radical (unpaired) electrons. The molecule has 0 saturated carbocycles. The summed E-state index contributed by atoms with van der Waals surface area (Å²) in [5.41, 5.74) is 7.22. The molecule has 0 aliphatic rings. The molecule has 1 aromatic carbocycles. The Balaban J connectivity index is 2.48. The lowest BCUT2D eigenvalue weighted by molar-refractivity contribution is 0.627. The molecule has 0 bridgehead atoms. The highest BCUT2D eigenvalue weighted by Crippen LogP contribution is 2.25. The number of nitrogens with zero attached hydrogens (tertiary/aromatic N) is 1. The smallest absolute Gasteiger partial charge is 0.307 e. The van der Waals surface area contributed by atoms with Gasteiger partial charge in [-0.25, -0.2) is 4.39 Å². The number of rotatable bonds is 4. The summed E-state index contributed by atoms with van der Waals surface area (Å²) in [6.45, 7) is 3.06. The van der Waals surface area contributed by atoms with Gasteiger partial charge in [0, 0.05) is 11.4 Å². The number of thiazole rings is 1. The highest BCUT2D eigenvalue weighted by Gasteiger charge is 2.13. The maximum absolute atomic E-state index is 12.9. The predicted octanol–water partition coefficient (Wildman–Crippen LogP) is 2.37. The second-order valence-corrected chi connectivity index (χ2v) is 5.24. The van der Waals surface area contributed by atoms with Crippen molar-refractivity contribution >= 4 is 11.3 Å². The Morgan fingerprint density at radius 1 is 1.33 bits per heavy atom. The summed E-state index contributed by atoms with van der Waals surface area (Å²) in [4.78, 5) is 12.8. The molecule has 3 nitrogen and oxygen atoms in total. The van der Waals surface area contributed by atoms with E-state index in [0.717, 1.165) is 22.6 Å². The van der Waals surface area contributed by atoms with Crippen LogP contribution in [0.25, 0.3) is 11.3 Å². The third-order valence-corrected chi connectivity index (χ3v) is 3.66. The zero-order valence-electron chi connectivity index (χ0n) is 10.1. The fourth-order valence-electron chi connectivity index (χ4n) is 1.94. The molecule has 5 heteroatoms. The van der Waals surface area contributed by atoms with Crippen LogP contribution in [0.1, 0.15) is 11.3 Å². The van der Waals surface area contributed by atoms with Gasteiger partial charge in [0.25, 0.3) is 0 Å². The lowest BCUT2D eigenvalue weighted by Crippen LogP contribution is -2.16. The maximum Gasteiger partial charge on any atom is 0.307 e. The molecule has 1 aromatic heterocycles. The van der Waals surface area contributed by atoms with Crippen LogP contribution in [0.2, 0.25) is 0 Å². The minimum absolute atomic E-state index is 0.0141. The zero-order valence-corrected chi connectivity index (χ0v) is 11.0. The van der Waals surface area contributed by atoms with Crippen molar-refractivity contribution in [2.45, 2.75) is 19.9 Å². The first kappa shape index (κ1) is 13.0. The van der Waals surface area contributed by atoms with Crippen LogP contribution in [0, 0.1) is 12.7 Å². The Hall–Kier alpha value is -1.46. The van der Waals surface area contributed by atoms with Crippen molar-refractivity contribution < 1.29 is 4.39 Å². The molecule has 0 aliphatic carbocycles. The largest absolute Gasteiger partial charge is 0.330 e. The normalized spacial score (nSPS) is 10.8. The average molecular weight is 266 g/mol. The van der Waals surface area contributed by atoms with Crippen LogP contribution in [-0.2, 0) is 6.54 Å². The van der Waals surface area contributed by atoms with Gasteiger partial charge in [0.1, 0.15) is 5.82 Å². The molecular formula is C13H15FN2OS. The second kappa shape index (κ2) is 5.46. The molecule has 0 fully saturated rings. The number of aryl methyl sites for hydroxylation is 1. The van der Waals surface area contributed by atoms with Gasteiger partial charge in [-0.1, -0.05) is 11.3 Å². The minimum atomic E-state index is -0.275. The molecule has 0 saturated heterocycles. The highest BCUT2D eigenvalue weighted by molar-refractivity contribution is 7.09. The quantitative estimate of drug-likeness (QED) is 0.923. The number of benzene rings is 1. The lowest BCUT2D eigenvalue weighted by atomic mass is 10.1. The Morgan fingerprint density at radius 2 is 2.00 bits per heavy atom. The van der Waals surface area contributed by atoms with Gasteiger partial charge in [0.2, 0.25) is 0 Å². The van der Waals surface area contributed by atoms with Crippen LogP contribution in [0.5, 0.6) is 0 Å². The van der Waals surface area contributed by atoms with E-state index in [1.54, 1.807) is 16.7 Å².